The molecule has 1 aromatic carbocycles. The van der Waals surface area contributed by atoms with E-state index in [1.165, 1.54) is 42.0 Å². The summed E-state index contributed by atoms with van der Waals surface area (Å²) in [7, 11) is 0. The van der Waals surface area contributed by atoms with E-state index in [9.17, 15) is 17.6 Å². The molecule has 0 aliphatic heterocycles. The van der Waals surface area contributed by atoms with E-state index in [0.717, 1.165) is 43.4 Å². The topological polar surface area (TPSA) is 35.2 Å². The van der Waals surface area contributed by atoms with Crippen molar-refractivity contribution in [3.8, 4) is 0 Å². The van der Waals surface area contributed by atoms with Crippen LogP contribution in [0.15, 0.2) is 82.4 Å². The van der Waals surface area contributed by atoms with Gasteiger partial charge in [0.25, 0.3) is 0 Å². The zero-order valence-electron chi connectivity index (χ0n) is 20.9. The van der Waals surface area contributed by atoms with Gasteiger partial charge < -0.3 is 10.5 Å². The van der Waals surface area contributed by atoms with Crippen molar-refractivity contribution >= 4 is 5.69 Å². The number of hydrogen-bond acceptors (Lipinski definition) is 2. The van der Waals surface area contributed by atoms with Crippen LogP contribution in [-0.2, 0) is 4.74 Å². The lowest BCUT2D eigenvalue weighted by molar-refractivity contribution is -0.0884. The summed E-state index contributed by atoms with van der Waals surface area (Å²) in [6.07, 6.45) is 6.55. The van der Waals surface area contributed by atoms with Crippen LogP contribution >= 0.6 is 0 Å². The maximum Gasteiger partial charge on any atom is 0.416 e. The molecule has 0 heterocycles. The predicted octanol–water partition coefficient (Wildman–Crippen LogP) is 9.34. The molecular formula is C28H37F4NO. The van der Waals surface area contributed by atoms with Gasteiger partial charge in [0.05, 0.1) is 5.57 Å². The zero-order valence-corrected chi connectivity index (χ0v) is 20.9. The van der Waals surface area contributed by atoms with E-state index in [-0.39, 0.29) is 5.82 Å². The second-order valence-electron chi connectivity index (χ2n) is 8.19. The first-order chi connectivity index (χ1) is 16.0. The van der Waals surface area contributed by atoms with Crippen LogP contribution in [0.5, 0.6) is 0 Å². The summed E-state index contributed by atoms with van der Waals surface area (Å²) in [6.45, 7) is 9.46. The summed E-state index contributed by atoms with van der Waals surface area (Å²) in [5.74, 6) is 1.20. The van der Waals surface area contributed by atoms with Crippen LogP contribution in [0, 0.1) is 5.82 Å². The van der Waals surface area contributed by atoms with Crippen LogP contribution < -0.4 is 5.73 Å². The highest BCUT2D eigenvalue weighted by molar-refractivity contribution is 5.45. The highest BCUT2D eigenvalue weighted by atomic mass is 19.4. The lowest BCUT2D eigenvalue weighted by Crippen LogP contribution is -2.11. The molecule has 0 fully saturated rings. The van der Waals surface area contributed by atoms with E-state index in [2.05, 4.69) is 0 Å². The molecule has 0 atom stereocenters. The van der Waals surface area contributed by atoms with Crippen molar-refractivity contribution in [1.82, 2.24) is 0 Å². The number of benzene rings is 1. The second-order valence-corrected chi connectivity index (χ2v) is 8.19. The van der Waals surface area contributed by atoms with Crippen LogP contribution in [0.25, 0.3) is 0 Å². The minimum absolute atomic E-state index is 0.251. The molecule has 2 nitrogen and oxygen atoms in total. The van der Waals surface area contributed by atoms with Gasteiger partial charge in [-0.15, -0.1) is 0 Å². The molecule has 0 spiro atoms. The average Bonchev–Trinajstić information content (AvgIpc) is 2.79. The predicted molar refractivity (Wildman–Crippen MR) is 133 cm³/mol. The zero-order chi connectivity index (χ0) is 25.7. The number of hydrogen-bond donors (Lipinski definition) is 1. The monoisotopic (exact) mass is 479 g/mol. The van der Waals surface area contributed by atoms with E-state index in [4.69, 9.17) is 10.5 Å². The first-order valence-electron chi connectivity index (χ1n) is 11.7. The van der Waals surface area contributed by atoms with Crippen molar-refractivity contribution < 1.29 is 22.3 Å². The molecule has 2 N–H and O–H groups in total. The van der Waals surface area contributed by atoms with Crippen molar-refractivity contribution in [2.24, 2.45) is 0 Å². The average molecular weight is 480 g/mol. The molecule has 0 saturated heterocycles. The smallest absolute Gasteiger partial charge is 0.416 e. The summed E-state index contributed by atoms with van der Waals surface area (Å²) < 4.78 is 58.4. The Kier molecular flexibility index (Phi) is 12.5. The molecule has 0 unspecified atom stereocenters. The van der Waals surface area contributed by atoms with Crippen LogP contribution in [-0.4, -0.2) is 6.18 Å². The molecule has 0 aromatic heterocycles. The van der Waals surface area contributed by atoms with Crippen LogP contribution in [0.3, 0.4) is 0 Å². The summed E-state index contributed by atoms with van der Waals surface area (Å²) in [4.78, 5) is 0. The first-order valence-corrected chi connectivity index (χ1v) is 11.7. The fourth-order valence-corrected chi connectivity index (χ4v) is 3.32. The molecular weight excluding hydrogens is 442 g/mol. The quantitative estimate of drug-likeness (QED) is 0.183. The fourth-order valence-electron chi connectivity index (χ4n) is 3.32. The fraction of sp³-hybridized carbons (Fsp3) is 0.429. The summed E-state index contributed by atoms with van der Waals surface area (Å²) in [6, 6.07) is 5.70. The van der Waals surface area contributed by atoms with Gasteiger partial charge in [-0.2, -0.15) is 13.2 Å². The van der Waals surface area contributed by atoms with Gasteiger partial charge in [-0.3, -0.25) is 0 Å². The van der Waals surface area contributed by atoms with Crippen molar-refractivity contribution in [3.05, 3.63) is 88.2 Å². The van der Waals surface area contributed by atoms with Crippen molar-refractivity contribution in [1.29, 1.82) is 0 Å². The van der Waals surface area contributed by atoms with E-state index < -0.39 is 11.7 Å². The number of rotatable bonds is 7. The Morgan fingerprint density at radius 1 is 1.09 bits per heavy atom. The van der Waals surface area contributed by atoms with Crippen molar-refractivity contribution in [2.75, 3.05) is 5.73 Å². The number of ether oxygens (including phenoxy) is 1. The Bertz CT molecular complexity index is 911. The van der Waals surface area contributed by atoms with E-state index in [1.54, 1.807) is 26.0 Å². The molecule has 0 amide bonds. The van der Waals surface area contributed by atoms with E-state index in [0.29, 0.717) is 23.4 Å². The standard InChI is InChI=1S/C22H31F3O.C6H6FN/c1-6-11-18(15-19(12-7-2)22(23,24)25)21(16(4)8-3)26-20-14-10-9-13-17(20)5;7-5-1-3-6(8)4-2-5/h6,11-12,15H,7-10,13-14H2,1-5H3;1-4H,8H2/b11-6-,18-15+,19-12-,21-16?;. The van der Waals surface area contributed by atoms with Gasteiger partial charge in [0.15, 0.2) is 0 Å². The third-order valence-electron chi connectivity index (χ3n) is 5.37. The highest BCUT2D eigenvalue weighted by Crippen LogP contribution is 2.34. The number of halogens is 4. The molecule has 1 aromatic rings. The lowest BCUT2D eigenvalue weighted by atomic mass is 9.98. The third-order valence-corrected chi connectivity index (χ3v) is 5.37. The minimum atomic E-state index is -4.38. The Morgan fingerprint density at radius 2 is 1.71 bits per heavy atom. The maximum atomic E-state index is 13.4. The van der Waals surface area contributed by atoms with Gasteiger partial charge >= 0.3 is 6.18 Å². The number of anilines is 1. The van der Waals surface area contributed by atoms with Crippen molar-refractivity contribution in [3.63, 3.8) is 0 Å². The normalized spacial score (nSPS) is 16.3. The van der Waals surface area contributed by atoms with E-state index >= 15 is 0 Å². The van der Waals surface area contributed by atoms with Crippen molar-refractivity contribution in [2.45, 2.75) is 79.3 Å². The van der Waals surface area contributed by atoms with Gasteiger partial charge in [-0.1, -0.05) is 32.1 Å². The van der Waals surface area contributed by atoms with Gasteiger partial charge in [0.2, 0.25) is 0 Å². The lowest BCUT2D eigenvalue weighted by Gasteiger charge is -2.22. The van der Waals surface area contributed by atoms with Gasteiger partial charge in [0, 0.05) is 17.7 Å². The summed E-state index contributed by atoms with van der Waals surface area (Å²) in [5, 5.41) is 0. The molecule has 34 heavy (non-hydrogen) atoms. The molecule has 6 heteroatoms. The molecule has 0 saturated carbocycles. The molecule has 1 aliphatic carbocycles. The Hall–Kier alpha value is -2.76. The number of alkyl halides is 3. The van der Waals surface area contributed by atoms with Gasteiger partial charge in [-0.25, -0.2) is 4.39 Å². The molecule has 1 aliphatic rings. The van der Waals surface area contributed by atoms with E-state index in [1.807, 2.05) is 20.8 Å². The van der Waals surface area contributed by atoms with Crippen LogP contribution in [0.2, 0.25) is 0 Å². The maximum absolute atomic E-state index is 13.4. The SMILES string of the molecule is C\C=C/C(=C\C(=C\CC)C(F)(F)F)C(OC1=C(C)CCCC1)=C(C)CC.Nc1ccc(F)cc1. The van der Waals surface area contributed by atoms with Gasteiger partial charge in [-0.05, 0) is 94.4 Å². The highest BCUT2D eigenvalue weighted by Gasteiger charge is 2.32. The number of nitrogens with two attached hydrogens (primary N) is 1. The number of nitrogen functional groups attached to an aromatic ring is 1. The Labute approximate surface area is 201 Å². The minimum Gasteiger partial charge on any atom is -0.461 e. The Balaban J connectivity index is 0.000000605. The number of allylic oxidation sites excluding steroid dienone is 8. The summed E-state index contributed by atoms with van der Waals surface area (Å²) in [5.41, 5.74) is 7.82. The third kappa shape index (κ3) is 10.0. The molecule has 0 bridgehead atoms. The molecule has 0 radical (unpaired) electrons. The molecule has 188 valence electrons. The Morgan fingerprint density at radius 3 is 2.18 bits per heavy atom. The summed E-state index contributed by atoms with van der Waals surface area (Å²) >= 11 is 0. The largest absolute Gasteiger partial charge is 0.461 e. The van der Waals surface area contributed by atoms with Crippen LogP contribution in [0.4, 0.5) is 23.2 Å². The molecule has 2 rings (SSSR count). The van der Waals surface area contributed by atoms with Gasteiger partial charge in [0.1, 0.15) is 17.3 Å². The van der Waals surface area contributed by atoms with Crippen LogP contribution in [0.1, 0.15) is 73.1 Å². The first kappa shape index (κ1) is 29.3. The second kappa shape index (κ2) is 14.5.